The quantitative estimate of drug-likeness (QED) is 0.580. The molecule has 1 saturated heterocycles. The highest BCUT2D eigenvalue weighted by Crippen LogP contribution is 2.37. The van der Waals surface area contributed by atoms with E-state index in [1.165, 1.54) is 32.1 Å². The maximum atomic E-state index is 5.38. The first-order valence-electron chi connectivity index (χ1n) is 9.36. The second-order valence-corrected chi connectivity index (χ2v) is 7.63. The number of nitrogens with zero attached hydrogens (tertiary/aromatic N) is 2. The molecule has 0 atom stereocenters. The van der Waals surface area contributed by atoms with E-state index in [9.17, 15) is 0 Å². The first kappa shape index (κ1) is 18.5. The maximum Gasteiger partial charge on any atom is 0.191 e. The van der Waals surface area contributed by atoms with Crippen LogP contribution < -0.4 is 10.6 Å². The van der Waals surface area contributed by atoms with Crippen molar-refractivity contribution in [1.29, 1.82) is 0 Å². The van der Waals surface area contributed by atoms with Gasteiger partial charge in [-0.2, -0.15) is 0 Å². The lowest BCUT2D eigenvalue weighted by Crippen LogP contribution is -2.47. The zero-order valence-electron chi connectivity index (χ0n) is 15.4. The fourth-order valence-corrected chi connectivity index (χ4v) is 3.72. The Morgan fingerprint density at radius 3 is 2.48 bits per heavy atom. The van der Waals surface area contributed by atoms with Crippen LogP contribution in [0.15, 0.2) is 4.99 Å². The van der Waals surface area contributed by atoms with E-state index in [0.717, 1.165) is 57.8 Å². The molecular weight excluding hydrogens is 288 g/mol. The van der Waals surface area contributed by atoms with Gasteiger partial charge in [0.2, 0.25) is 0 Å². The molecule has 0 aromatic carbocycles. The van der Waals surface area contributed by atoms with E-state index < -0.39 is 0 Å². The largest absolute Gasteiger partial charge is 0.379 e. The molecule has 0 amide bonds. The highest BCUT2D eigenvalue weighted by atomic mass is 16.5. The molecular formula is C18H36N4O. The van der Waals surface area contributed by atoms with E-state index in [4.69, 9.17) is 4.74 Å². The topological polar surface area (TPSA) is 48.9 Å². The van der Waals surface area contributed by atoms with Gasteiger partial charge in [-0.3, -0.25) is 9.89 Å². The molecule has 134 valence electrons. The maximum absolute atomic E-state index is 5.38. The smallest absolute Gasteiger partial charge is 0.191 e. The van der Waals surface area contributed by atoms with Crippen LogP contribution in [0.25, 0.3) is 0 Å². The summed E-state index contributed by atoms with van der Waals surface area (Å²) < 4.78 is 5.38. The summed E-state index contributed by atoms with van der Waals surface area (Å²) in [6, 6.07) is 0. The number of rotatable bonds is 6. The molecule has 1 aliphatic heterocycles. The standard InChI is InChI=1S/C18H36N4O/c1-18(2,16-7-5-4-6-8-16)15-21-17(19-3)20-9-10-22-11-13-23-14-12-22/h16H,4-15H2,1-3H3,(H2,19,20,21). The summed E-state index contributed by atoms with van der Waals surface area (Å²) in [6.07, 6.45) is 7.00. The Labute approximate surface area is 142 Å². The van der Waals surface area contributed by atoms with Gasteiger partial charge in [0.05, 0.1) is 13.2 Å². The first-order chi connectivity index (χ1) is 11.1. The van der Waals surface area contributed by atoms with Gasteiger partial charge in [-0.05, 0) is 24.2 Å². The van der Waals surface area contributed by atoms with Crippen LogP contribution in [0.5, 0.6) is 0 Å². The molecule has 0 aromatic heterocycles. The van der Waals surface area contributed by atoms with Gasteiger partial charge in [0.25, 0.3) is 0 Å². The van der Waals surface area contributed by atoms with Crippen molar-refractivity contribution in [1.82, 2.24) is 15.5 Å². The number of hydrogen-bond acceptors (Lipinski definition) is 3. The molecule has 0 aromatic rings. The number of aliphatic imine (C=N–C) groups is 1. The highest BCUT2D eigenvalue weighted by molar-refractivity contribution is 5.79. The minimum atomic E-state index is 0.336. The lowest BCUT2D eigenvalue weighted by atomic mass is 9.71. The SMILES string of the molecule is CN=C(NCCN1CCOCC1)NCC(C)(C)C1CCCCC1. The Balaban J connectivity index is 1.67. The van der Waals surface area contributed by atoms with Crippen molar-refractivity contribution in [3.05, 3.63) is 0 Å². The summed E-state index contributed by atoms with van der Waals surface area (Å²) in [5.41, 5.74) is 0.336. The molecule has 1 saturated carbocycles. The van der Waals surface area contributed by atoms with Gasteiger partial charge >= 0.3 is 0 Å². The summed E-state index contributed by atoms with van der Waals surface area (Å²) in [7, 11) is 1.86. The Hall–Kier alpha value is -0.810. The minimum absolute atomic E-state index is 0.336. The molecule has 2 N–H and O–H groups in total. The first-order valence-corrected chi connectivity index (χ1v) is 9.36. The molecule has 0 unspecified atom stereocenters. The van der Waals surface area contributed by atoms with Gasteiger partial charge < -0.3 is 15.4 Å². The molecule has 2 aliphatic rings. The van der Waals surface area contributed by atoms with E-state index in [1.54, 1.807) is 0 Å². The fraction of sp³-hybridized carbons (Fsp3) is 0.944. The fourth-order valence-electron chi connectivity index (χ4n) is 3.72. The third-order valence-electron chi connectivity index (χ3n) is 5.47. The van der Waals surface area contributed by atoms with E-state index in [2.05, 4.69) is 34.4 Å². The molecule has 1 heterocycles. The van der Waals surface area contributed by atoms with Crippen LogP contribution in [0.4, 0.5) is 0 Å². The molecule has 0 radical (unpaired) electrons. The van der Waals surface area contributed by atoms with Crippen LogP contribution >= 0.6 is 0 Å². The lowest BCUT2D eigenvalue weighted by Gasteiger charge is -2.37. The van der Waals surface area contributed by atoms with Crippen LogP contribution in [0.3, 0.4) is 0 Å². The van der Waals surface area contributed by atoms with Crippen LogP contribution in [-0.2, 0) is 4.74 Å². The van der Waals surface area contributed by atoms with E-state index in [-0.39, 0.29) is 0 Å². The zero-order valence-corrected chi connectivity index (χ0v) is 15.4. The third kappa shape index (κ3) is 6.30. The Kier molecular flexibility index (Phi) is 7.63. The Morgan fingerprint density at radius 2 is 1.83 bits per heavy atom. The predicted molar refractivity (Wildman–Crippen MR) is 97.0 cm³/mol. The minimum Gasteiger partial charge on any atom is -0.379 e. The van der Waals surface area contributed by atoms with Gasteiger partial charge in [0.15, 0.2) is 5.96 Å². The van der Waals surface area contributed by atoms with Crippen molar-refractivity contribution in [2.75, 3.05) is 53.0 Å². The summed E-state index contributed by atoms with van der Waals surface area (Å²) in [5.74, 6) is 1.78. The molecule has 5 nitrogen and oxygen atoms in total. The Morgan fingerprint density at radius 1 is 1.13 bits per heavy atom. The average molecular weight is 325 g/mol. The summed E-state index contributed by atoms with van der Waals surface area (Å²) in [4.78, 5) is 6.81. The summed E-state index contributed by atoms with van der Waals surface area (Å²) in [5, 5.41) is 6.99. The molecule has 0 spiro atoms. The van der Waals surface area contributed by atoms with Crippen LogP contribution in [0, 0.1) is 11.3 Å². The molecule has 2 fully saturated rings. The van der Waals surface area contributed by atoms with E-state index in [0.29, 0.717) is 5.41 Å². The average Bonchev–Trinajstić information content (AvgIpc) is 2.59. The van der Waals surface area contributed by atoms with Crippen molar-refractivity contribution in [2.45, 2.75) is 46.0 Å². The van der Waals surface area contributed by atoms with Crippen molar-refractivity contribution < 1.29 is 4.74 Å². The van der Waals surface area contributed by atoms with Gasteiger partial charge in [-0.15, -0.1) is 0 Å². The second kappa shape index (κ2) is 9.48. The summed E-state index contributed by atoms with van der Waals surface area (Å²) >= 11 is 0. The number of nitrogens with one attached hydrogen (secondary N) is 2. The van der Waals surface area contributed by atoms with Gasteiger partial charge in [-0.25, -0.2) is 0 Å². The summed E-state index contributed by atoms with van der Waals surface area (Å²) in [6.45, 7) is 11.6. The van der Waals surface area contributed by atoms with Crippen molar-refractivity contribution in [2.24, 2.45) is 16.3 Å². The molecule has 2 rings (SSSR count). The van der Waals surface area contributed by atoms with Crippen molar-refractivity contribution in [3.8, 4) is 0 Å². The van der Waals surface area contributed by atoms with Crippen molar-refractivity contribution >= 4 is 5.96 Å². The number of guanidine groups is 1. The molecule has 0 bridgehead atoms. The monoisotopic (exact) mass is 324 g/mol. The zero-order chi connectivity index (χ0) is 16.5. The van der Waals surface area contributed by atoms with Crippen LogP contribution in [0.2, 0.25) is 0 Å². The van der Waals surface area contributed by atoms with Gasteiger partial charge in [-0.1, -0.05) is 33.1 Å². The van der Waals surface area contributed by atoms with Gasteiger partial charge in [0.1, 0.15) is 0 Å². The predicted octanol–water partition coefficient (Wildman–Crippen LogP) is 2.09. The van der Waals surface area contributed by atoms with Crippen LogP contribution in [0.1, 0.15) is 46.0 Å². The number of ether oxygens (including phenoxy) is 1. The lowest BCUT2D eigenvalue weighted by molar-refractivity contribution is 0.0389. The second-order valence-electron chi connectivity index (χ2n) is 7.63. The van der Waals surface area contributed by atoms with Gasteiger partial charge in [0, 0.05) is 39.8 Å². The van der Waals surface area contributed by atoms with Crippen LogP contribution in [-0.4, -0.2) is 63.8 Å². The number of hydrogen-bond donors (Lipinski definition) is 2. The number of morpholine rings is 1. The molecule has 23 heavy (non-hydrogen) atoms. The molecule has 1 aliphatic carbocycles. The molecule has 5 heteroatoms. The van der Waals surface area contributed by atoms with E-state index >= 15 is 0 Å². The normalized spacial score (nSPS) is 22.1. The van der Waals surface area contributed by atoms with Crippen molar-refractivity contribution in [3.63, 3.8) is 0 Å². The van der Waals surface area contributed by atoms with E-state index in [1.807, 2.05) is 7.05 Å². The highest BCUT2D eigenvalue weighted by Gasteiger charge is 2.30. The third-order valence-corrected chi connectivity index (χ3v) is 5.47. The Bertz CT molecular complexity index is 358.